The van der Waals surface area contributed by atoms with E-state index in [-0.39, 0.29) is 17.3 Å². The number of anilines is 2. The van der Waals surface area contributed by atoms with Gasteiger partial charge in [-0.1, -0.05) is 25.1 Å². The van der Waals surface area contributed by atoms with E-state index in [1.807, 2.05) is 6.92 Å². The van der Waals surface area contributed by atoms with Crippen LogP contribution in [0.2, 0.25) is 0 Å². The number of halogens is 3. The molecule has 0 heterocycles. The molecule has 2 N–H and O–H groups in total. The Bertz CT molecular complexity index is 810. The normalized spacial score (nSPS) is 11.1. The number of thioether (sulfide) groups is 1. The van der Waals surface area contributed by atoms with Crippen molar-refractivity contribution in [1.82, 2.24) is 0 Å². The standard InChI is InChI=1S/C19H19F3N2O2S/c1-2-6-17(25)23-13-7-5-8-14(11-13)27-12-18(26)24-16-10-4-3-9-15(16)19(20,21)22/h3-5,7-11H,2,6,12H2,1H3,(H,23,25)(H,24,26). The van der Waals surface area contributed by atoms with Crippen LogP contribution in [0.4, 0.5) is 24.5 Å². The fourth-order valence-corrected chi connectivity index (χ4v) is 3.04. The highest BCUT2D eigenvalue weighted by Gasteiger charge is 2.33. The van der Waals surface area contributed by atoms with Gasteiger partial charge in [-0.25, -0.2) is 0 Å². The molecule has 0 spiro atoms. The molecular formula is C19H19F3N2O2S. The van der Waals surface area contributed by atoms with Crippen molar-refractivity contribution < 1.29 is 22.8 Å². The molecular weight excluding hydrogens is 377 g/mol. The minimum atomic E-state index is -4.54. The molecule has 0 bridgehead atoms. The number of benzene rings is 2. The predicted molar refractivity (Wildman–Crippen MR) is 101 cm³/mol. The molecule has 0 unspecified atom stereocenters. The van der Waals surface area contributed by atoms with Crippen LogP contribution in [-0.4, -0.2) is 17.6 Å². The molecule has 144 valence electrons. The number of amides is 2. The van der Waals surface area contributed by atoms with Gasteiger partial charge in [0.1, 0.15) is 0 Å². The molecule has 2 aromatic carbocycles. The third-order valence-electron chi connectivity index (χ3n) is 3.47. The molecule has 0 saturated heterocycles. The van der Waals surface area contributed by atoms with Crippen molar-refractivity contribution in [3.63, 3.8) is 0 Å². The van der Waals surface area contributed by atoms with Gasteiger partial charge in [0.15, 0.2) is 0 Å². The maximum Gasteiger partial charge on any atom is 0.418 e. The Hall–Kier alpha value is -2.48. The smallest absolute Gasteiger partial charge is 0.326 e. The molecule has 0 aromatic heterocycles. The average molecular weight is 396 g/mol. The van der Waals surface area contributed by atoms with Gasteiger partial charge in [0.25, 0.3) is 0 Å². The van der Waals surface area contributed by atoms with E-state index in [4.69, 9.17) is 0 Å². The second kappa shape index (κ2) is 9.45. The van der Waals surface area contributed by atoms with Crippen LogP contribution in [0, 0.1) is 0 Å². The summed E-state index contributed by atoms with van der Waals surface area (Å²) in [4.78, 5) is 24.4. The summed E-state index contributed by atoms with van der Waals surface area (Å²) in [7, 11) is 0. The third kappa shape index (κ3) is 6.63. The lowest BCUT2D eigenvalue weighted by molar-refractivity contribution is -0.137. The molecule has 0 aliphatic heterocycles. The summed E-state index contributed by atoms with van der Waals surface area (Å²) in [5.41, 5.74) is -0.540. The maximum atomic E-state index is 13.0. The van der Waals surface area contributed by atoms with Crippen LogP contribution in [0.3, 0.4) is 0 Å². The van der Waals surface area contributed by atoms with E-state index in [1.54, 1.807) is 24.3 Å². The molecule has 0 saturated carbocycles. The number of rotatable bonds is 7. The first-order valence-corrected chi connectivity index (χ1v) is 9.27. The fourth-order valence-electron chi connectivity index (χ4n) is 2.29. The summed E-state index contributed by atoms with van der Waals surface area (Å²) >= 11 is 1.17. The Balaban J connectivity index is 1.96. The van der Waals surface area contributed by atoms with Crippen molar-refractivity contribution in [2.75, 3.05) is 16.4 Å². The number of hydrogen-bond acceptors (Lipinski definition) is 3. The van der Waals surface area contributed by atoms with Crippen LogP contribution in [0.15, 0.2) is 53.4 Å². The first-order chi connectivity index (χ1) is 12.8. The van der Waals surface area contributed by atoms with Gasteiger partial charge in [0, 0.05) is 17.0 Å². The summed E-state index contributed by atoms with van der Waals surface area (Å²) in [5.74, 6) is -0.697. The Morgan fingerprint density at radius 2 is 1.74 bits per heavy atom. The lowest BCUT2D eigenvalue weighted by atomic mass is 10.1. The van der Waals surface area contributed by atoms with Crippen LogP contribution in [0.5, 0.6) is 0 Å². The minimum Gasteiger partial charge on any atom is -0.326 e. The Morgan fingerprint density at radius 3 is 2.44 bits per heavy atom. The summed E-state index contributed by atoms with van der Waals surface area (Å²) in [6.45, 7) is 1.90. The van der Waals surface area contributed by atoms with Crippen molar-refractivity contribution >= 4 is 35.0 Å². The molecule has 0 atom stereocenters. The van der Waals surface area contributed by atoms with E-state index >= 15 is 0 Å². The van der Waals surface area contributed by atoms with E-state index < -0.39 is 17.6 Å². The third-order valence-corrected chi connectivity index (χ3v) is 4.47. The summed E-state index contributed by atoms with van der Waals surface area (Å²) in [5, 5.41) is 5.06. The Morgan fingerprint density at radius 1 is 1.00 bits per heavy atom. The topological polar surface area (TPSA) is 58.2 Å². The van der Waals surface area contributed by atoms with Gasteiger partial charge in [0.2, 0.25) is 11.8 Å². The molecule has 0 aliphatic rings. The van der Waals surface area contributed by atoms with Gasteiger partial charge < -0.3 is 10.6 Å². The van der Waals surface area contributed by atoms with E-state index in [0.29, 0.717) is 12.1 Å². The molecule has 2 aromatic rings. The zero-order valence-electron chi connectivity index (χ0n) is 14.6. The van der Waals surface area contributed by atoms with Crippen LogP contribution >= 0.6 is 11.8 Å². The average Bonchev–Trinajstić information content (AvgIpc) is 2.60. The number of nitrogens with one attached hydrogen (secondary N) is 2. The largest absolute Gasteiger partial charge is 0.418 e. The van der Waals surface area contributed by atoms with Crippen LogP contribution < -0.4 is 10.6 Å². The van der Waals surface area contributed by atoms with E-state index in [0.717, 1.165) is 17.4 Å². The molecule has 0 aliphatic carbocycles. The molecule has 2 rings (SSSR count). The highest BCUT2D eigenvalue weighted by atomic mass is 32.2. The van der Waals surface area contributed by atoms with Crippen molar-refractivity contribution in [1.29, 1.82) is 0 Å². The van der Waals surface area contributed by atoms with Crippen molar-refractivity contribution in [2.24, 2.45) is 0 Å². The first kappa shape index (κ1) is 20.8. The minimum absolute atomic E-state index is 0.0570. The maximum absolute atomic E-state index is 13.0. The summed E-state index contributed by atoms with van der Waals surface area (Å²) < 4.78 is 38.9. The highest BCUT2D eigenvalue weighted by Crippen LogP contribution is 2.34. The zero-order valence-corrected chi connectivity index (χ0v) is 15.4. The Kier molecular flexibility index (Phi) is 7.29. The van der Waals surface area contributed by atoms with Gasteiger partial charge in [-0.15, -0.1) is 11.8 Å². The van der Waals surface area contributed by atoms with E-state index in [2.05, 4.69) is 10.6 Å². The van der Waals surface area contributed by atoms with Gasteiger partial charge in [0.05, 0.1) is 17.0 Å². The highest BCUT2D eigenvalue weighted by molar-refractivity contribution is 8.00. The number of para-hydroxylation sites is 1. The zero-order chi connectivity index (χ0) is 19.9. The van der Waals surface area contributed by atoms with Crippen LogP contribution in [-0.2, 0) is 15.8 Å². The first-order valence-electron chi connectivity index (χ1n) is 8.28. The molecule has 4 nitrogen and oxygen atoms in total. The molecule has 0 fully saturated rings. The second-order valence-corrected chi connectivity index (χ2v) is 6.75. The van der Waals surface area contributed by atoms with Gasteiger partial charge in [-0.2, -0.15) is 13.2 Å². The van der Waals surface area contributed by atoms with Crippen molar-refractivity contribution in [3.8, 4) is 0 Å². The molecule has 27 heavy (non-hydrogen) atoms. The quantitative estimate of drug-likeness (QED) is 0.635. The van der Waals surface area contributed by atoms with E-state index in [1.165, 1.54) is 30.0 Å². The summed E-state index contributed by atoms with van der Waals surface area (Å²) in [6.07, 6.45) is -3.39. The lowest BCUT2D eigenvalue weighted by Crippen LogP contribution is -2.18. The molecule has 2 amide bonds. The number of alkyl halides is 3. The van der Waals surface area contributed by atoms with E-state index in [9.17, 15) is 22.8 Å². The van der Waals surface area contributed by atoms with Gasteiger partial charge >= 0.3 is 6.18 Å². The predicted octanol–water partition coefficient (Wildman–Crippen LogP) is 5.17. The molecule has 0 radical (unpaired) electrons. The fraction of sp³-hybridized carbons (Fsp3) is 0.263. The van der Waals surface area contributed by atoms with Crippen molar-refractivity contribution in [2.45, 2.75) is 30.8 Å². The lowest BCUT2D eigenvalue weighted by Gasteiger charge is -2.13. The SMILES string of the molecule is CCCC(=O)Nc1cccc(SCC(=O)Nc2ccccc2C(F)(F)F)c1. The monoisotopic (exact) mass is 396 g/mol. The summed E-state index contributed by atoms with van der Waals surface area (Å²) in [6, 6.07) is 11.8. The molecule has 8 heteroatoms. The number of hydrogen-bond donors (Lipinski definition) is 2. The van der Waals surface area contributed by atoms with Gasteiger partial charge in [-0.3, -0.25) is 9.59 Å². The van der Waals surface area contributed by atoms with Crippen LogP contribution in [0.25, 0.3) is 0 Å². The van der Waals surface area contributed by atoms with Gasteiger partial charge in [-0.05, 0) is 36.8 Å². The van der Waals surface area contributed by atoms with Crippen LogP contribution in [0.1, 0.15) is 25.3 Å². The van der Waals surface area contributed by atoms with Crippen molar-refractivity contribution in [3.05, 3.63) is 54.1 Å². The number of carbonyl (C=O) groups excluding carboxylic acids is 2. The number of carbonyl (C=O) groups is 2. The second-order valence-electron chi connectivity index (χ2n) is 5.71. The Labute approximate surface area is 159 Å².